The van der Waals surface area contributed by atoms with Crippen molar-refractivity contribution in [2.45, 2.75) is 174 Å². The van der Waals surface area contributed by atoms with Gasteiger partial charge in [0.15, 0.2) is 12.1 Å². The number of hydrogen-bond acceptors (Lipinski definition) is 6. The van der Waals surface area contributed by atoms with Crippen molar-refractivity contribution in [2.75, 3.05) is 41.0 Å². The number of carbonyl (C=O) groups excluding carboxylic acids is 2. The molecule has 2 unspecified atom stereocenters. The summed E-state index contributed by atoms with van der Waals surface area (Å²) in [5.74, 6) is -1.60. The number of esters is 2. The molecule has 2 atom stereocenters. The van der Waals surface area contributed by atoms with Crippen molar-refractivity contribution in [3.05, 3.63) is 109 Å². The number of aliphatic carboxylic acids is 1. The SMILES string of the molecule is CC/C=C/C/C=C/C/C=C/C/C=C/C/C=C/C/C=C/CCC(=O)OC(COCCC(C(=O)O)[N+](C)(C)C)COC(=O)CCCCCCCCCCC/C=C/C/C=C/C/C=C/CC. The Bertz CT molecular complexity index is 1370. The number of hydrogen-bond donors (Lipinski definition) is 1. The maximum atomic E-state index is 12.7. The number of unbranched alkanes of at least 4 members (excludes halogenated alkanes) is 9. The maximum absolute atomic E-state index is 12.7. The summed E-state index contributed by atoms with van der Waals surface area (Å²) in [7, 11) is 5.49. The van der Waals surface area contributed by atoms with Gasteiger partial charge >= 0.3 is 17.9 Å². The van der Waals surface area contributed by atoms with Gasteiger partial charge in [0.05, 0.1) is 34.4 Å². The molecular formula is C54H88NO7+. The van der Waals surface area contributed by atoms with Crippen molar-refractivity contribution in [2.24, 2.45) is 0 Å². The summed E-state index contributed by atoms with van der Waals surface area (Å²) in [6.07, 6.45) is 60.1. The smallest absolute Gasteiger partial charge is 0.362 e. The lowest BCUT2D eigenvalue weighted by Gasteiger charge is -2.31. The predicted molar refractivity (Wildman–Crippen MR) is 261 cm³/mol. The molecule has 0 aromatic rings. The van der Waals surface area contributed by atoms with E-state index < -0.39 is 24.1 Å². The third-order valence-corrected chi connectivity index (χ3v) is 9.93. The van der Waals surface area contributed by atoms with E-state index in [0.717, 1.165) is 83.5 Å². The van der Waals surface area contributed by atoms with E-state index in [1.54, 1.807) is 0 Å². The lowest BCUT2D eigenvalue weighted by molar-refractivity contribution is -0.887. The minimum Gasteiger partial charge on any atom is -0.477 e. The summed E-state index contributed by atoms with van der Waals surface area (Å²) in [5, 5.41) is 9.64. The van der Waals surface area contributed by atoms with E-state index in [2.05, 4.69) is 111 Å². The Kier molecular flexibility index (Phi) is 40.8. The van der Waals surface area contributed by atoms with Crippen molar-refractivity contribution < 1.29 is 38.2 Å². The third kappa shape index (κ3) is 41.3. The second kappa shape index (κ2) is 43.6. The Balaban J connectivity index is 4.44. The van der Waals surface area contributed by atoms with Crippen LogP contribution in [0, 0.1) is 0 Å². The molecule has 0 aromatic heterocycles. The zero-order chi connectivity index (χ0) is 45.6. The van der Waals surface area contributed by atoms with Gasteiger partial charge in [0.2, 0.25) is 0 Å². The summed E-state index contributed by atoms with van der Waals surface area (Å²) in [6.45, 7) is 4.41. The molecule has 0 fully saturated rings. The number of nitrogens with zero attached hydrogens (tertiary/aromatic N) is 1. The molecule has 350 valence electrons. The highest BCUT2D eigenvalue weighted by Crippen LogP contribution is 2.13. The Hall–Kier alpha value is -4.01. The van der Waals surface area contributed by atoms with Gasteiger partial charge in [-0.3, -0.25) is 9.59 Å². The monoisotopic (exact) mass is 863 g/mol. The van der Waals surface area contributed by atoms with E-state index in [-0.39, 0.29) is 36.7 Å². The largest absolute Gasteiger partial charge is 0.477 e. The van der Waals surface area contributed by atoms with Gasteiger partial charge < -0.3 is 23.8 Å². The molecule has 0 radical (unpaired) electrons. The number of carbonyl (C=O) groups is 3. The van der Waals surface area contributed by atoms with Crippen LogP contribution in [0.15, 0.2) is 109 Å². The molecule has 0 aromatic carbocycles. The molecule has 0 saturated heterocycles. The first kappa shape index (κ1) is 58.0. The lowest BCUT2D eigenvalue weighted by atomic mass is 10.1. The average Bonchev–Trinajstić information content (AvgIpc) is 3.23. The fourth-order valence-electron chi connectivity index (χ4n) is 6.31. The van der Waals surface area contributed by atoms with Crippen molar-refractivity contribution in [3.63, 3.8) is 0 Å². The number of quaternary nitrogens is 1. The molecular weight excluding hydrogens is 775 g/mol. The van der Waals surface area contributed by atoms with Gasteiger partial charge in [0, 0.05) is 19.3 Å². The van der Waals surface area contributed by atoms with E-state index >= 15 is 0 Å². The molecule has 0 saturated carbocycles. The normalized spacial score (nSPS) is 13.9. The maximum Gasteiger partial charge on any atom is 0.362 e. The number of allylic oxidation sites excluding steroid dienone is 18. The molecule has 0 bridgehead atoms. The highest BCUT2D eigenvalue weighted by molar-refractivity contribution is 5.72. The zero-order valence-electron chi connectivity index (χ0n) is 39.8. The van der Waals surface area contributed by atoms with Crippen LogP contribution in [0.4, 0.5) is 0 Å². The Morgan fingerprint density at radius 2 is 0.887 bits per heavy atom. The molecule has 0 spiro atoms. The first-order valence-electron chi connectivity index (χ1n) is 23.9. The quantitative estimate of drug-likeness (QED) is 0.0283. The van der Waals surface area contributed by atoms with Gasteiger partial charge in [-0.1, -0.05) is 168 Å². The minimum atomic E-state index is -0.892. The van der Waals surface area contributed by atoms with Crippen molar-refractivity contribution in [1.29, 1.82) is 0 Å². The van der Waals surface area contributed by atoms with Crippen LogP contribution in [-0.2, 0) is 28.6 Å². The third-order valence-electron chi connectivity index (χ3n) is 9.93. The van der Waals surface area contributed by atoms with E-state index in [1.165, 1.54) is 38.5 Å². The van der Waals surface area contributed by atoms with Gasteiger partial charge in [-0.05, 0) is 83.5 Å². The van der Waals surface area contributed by atoms with Crippen LogP contribution in [0.3, 0.4) is 0 Å². The summed E-state index contributed by atoms with van der Waals surface area (Å²) in [6, 6.07) is -0.635. The van der Waals surface area contributed by atoms with E-state index in [1.807, 2.05) is 33.3 Å². The van der Waals surface area contributed by atoms with Crippen LogP contribution in [0.5, 0.6) is 0 Å². The molecule has 0 aliphatic carbocycles. The van der Waals surface area contributed by atoms with Crippen LogP contribution >= 0.6 is 0 Å². The van der Waals surface area contributed by atoms with E-state index in [0.29, 0.717) is 19.3 Å². The number of carboxylic acid groups (broad SMARTS) is 1. The summed E-state index contributed by atoms with van der Waals surface area (Å²) < 4.78 is 17.2. The molecule has 8 heteroatoms. The summed E-state index contributed by atoms with van der Waals surface area (Å²) in [4.78, 5) is 37.1. The molecule has 0 aliphatic rings. The average molecular weight is 863 g/mol. The first-order chi connectivity index (χ1) is 30.1. The molecule has 62 heavy (non-hydrogen) atoms. The molecule has 8 nitrogen and oxygen atoms in total. The Morgan fingerprint density at radius 1 is 0.484 bits per heavy atom. The molecule has 0 amide bonds. The lowest BCUT2D eigenvalue weighted by Crippen LogP contribution is -2.50. The van der Waals surface area contributed by atoms with Crippen molar-refractivity contribution in [1.82, 2.24) is 0 Å². The van der Waals surface area contributed by atoms with Crippen LogP contribution in [-0.4, -0.2) is 80.6 Å². The predicted octanol–water partition coefficient (Wildman–Crippen LogP) is 13.6. The zero-order valence-corrected chi connectivity index (χ0v) is 39.8. The standard InChI is InChI=1S/C54H87NO7/c1-6-8-10-12-14-16-18-20-22-24-26-28-30-32-34-36-38-40-42-44-52(56)61-49-50(48-60-47-46-51(54(58)59)55(3,4)5)62-53(57)45-43-41-39-37-35-33-31-29-27-25-23-21-19-17-15-13-11-9-7-2/h8-11,14-17,20-23,27,29,33,35,39,41,50-51H,6-7,12-13,18-19,24-26,28,30-32,34,36-38,40,42-49H2,1-5H3/p+1/b10-8+,11-9+,16-14+,17-15+,22-20+,23-21+,29-27+,35-33+,41-39+. The van der Waals surface area contributed by atoms with E-state index in [9.17, 15) is 19.5 Å². The second-order valence-electron chi connectivity index (χ2n) is 16.6. The van der Waals surface area contributed by atoms with Crippen molar-refractivity contribution in [3.8, 4) is 0 Å². The van der Waals surface area contributed by atoms with Gasteiger partial charge in [-0.15, -0.1) is 0 Å². The van der Waals surface area contributed by atoms with Crippen molar-refractivity contribution >= 4 is 17.9 Å². The van der Waals surface area contributed by atoms with Gasteiger partial charge in [0.1, 0.15) is 6.61 Å². The number of likely N-dealkylation sites (N-methyl/N-ethyl adjacent to an activating group) is 1. The number of ether oxygens (including phenoxy) is 3. The molecule has 1 N–H and O–H groups in total. The van der Waals surface area contributed by atoms with E-state index in [4.69, 9.17) is 14.2 Å². The number of carboxylic acids is 1. The fourth-order valence-corrected chi connectivity index (χ4v) is 6.31. The van der Waals surface area contributed by atoms with Crippen LogP contribution in [0.1, 0.15) is 162 Å². The number of rotatable bonds is 41. The highest BCUT2D eigenvalue weighted by Gasteiger charge is 2.31. The second-order valence-corrected chi connectivity index (χ2v) is 16.6. The van der Waals surface area contributed by atoms with Crippen LogP contribution < -0.4 is 0 Å². The Labute approximate surface area is 378 Å². The topological polar surface area (TPSA) is 99.1 Å². The first-order valence-corrected chi connectivity index (χ1v) is 23.9. The van der Waals surface area contributed by atoms with Crippen LogP contribution in [0.2, 0.25) is 0 Å². The molecule has 0 aliphatic heterocycles. The van der Waals surface area contributed by atoms with Gasteiger partial charge in [-0.25, -0.2) is 4.79 Å². The minimum absolute atomic E-state index is 0.0220. The molecule has 0 rings (SSSR count). The van der Waals surface area contributed by atoms with Gasteiger partial charge in [0.25, 0.3) is 0 Å². The van der Waals surface area contributed by atoms with Gasteiger partial charge in [-0.2, -0.15) is 0 Å². The highest BCUT2D eigenvalue weighted by atomic mass is 16.6. The Morgan fingerprint density at radius 3 is 1.32 bits per heavy atom. The molecule has 0 heterocycles. The summed E-state index contributed by atoms with van der Waals surface area (Å²) in [5.41, 5.74) is 0. The summed E-state index contributed by atoms with van der Waals surface area (Å²) >= 11 is 0. The van der Waals surface area contributed by atoms with Crippen LogP contribution in [0.25, 0.3) is 0 Å². The fraction of sp³-hybridized carbons (Fsp3) is 0.611.